The fourth-order valence-electron chi connectivity index (χ4n) is 5.59. The van der Waals surface area contributed by atoms with Crippen molar-refractivity contribution in [2.24, 2.45) is 0 Å². The Hall–Kier alpha value is -3.71. The van der Waals surface area contributed by atoms with E-state index in [0.717, 1.165) is 78.5 Å². The predicted molar refractivity (Wildman–Crippen MR) is 162 cm³/mol. The molecule has 0 aliphatic carbocycles. The van der Waals surface area contributed by atoms with E-state index in [1.165, 1.54) is 10.7 Å². The highest BCUT2D eigenvalue weighted by atomic mass is 16.5. The number of fused-ring (bicyclic) bond motifs is 4. The largest absolute Gasteiger partial charge is 0.493 e. The van der Waals surface area contributed by atoms with E-state index in [9.17, 15) is 4.79 Å². The van der Waals surface area contributed by atoms with E-state index in [1.807, 2.05) is 12.1 Å². The van der Waals surface area contributed by atoms with Gasteiger partial charge < -0.3 is 28.4 Å². The van der Waals surface area contributed by atoms with E-state index >= 15 is 0 Å². The summed E-state index contributed by atoms with van der Waals surface area (Å²) in [6.45, 7) is 9.75. The monoisotopic (exact) mass is 593 g/mol. The molecular weight excluding hydrogens is 554 g/mol. The van der Waals surface area contributed by atoms with Gasteiger partial charge in [0.2, 0.25) is 0 Å². The number of hydrogen-bond acceptors (Lipinski definition) is 11. The fourth-order valence-corrected chi connectivity index (χ4v) is 5.59. The summed E-state index contributed by atoms with van der Waals surface area (Å²) in [4.78, 5) is 27.9. The van der Waals surface area contributed by atoms with Crippen LogP contribution in [0.4, 0.5) is 0 Å². The summed E-state index contributed by atoms with van der Waals surface area (Å²) in [7, 11) is 3.19. The van der Waals surface area contributed by atoms with E-state index in [2.05, 4.69) is 14.8 Å². The van der Waals surface area contributed by atoms with Gasteiger partial charge >= 0.3 is 0 Å². The topological polar surface area (TPSA) is 109 Å². The molecule has 0 N–H and O–H groups in total. The third kappa shape index (κ3) is 6.62. The van der Waals surface area contributed by atoms with Crippen LogP contribution in [0.25, 0.3) is 27.5 Å². The number of aromatic nitrogens is 3. The second kappa shape index (κ2) is 13.7. The van der Waals surface area contributed by atoms with Gasteiger partial charge in [-0.15, -0.1) is 0 Å². The number of rotatable bonds is 12. The first kappa shape index (κ1) is 29.4. The van der Waals surface area contributed by atoms with Crippen molar-refractivity contribution in [3.8, 4) is 23.0 Å². The van der Waals surface area contributed by atoms with Crippen LogP contribution in [0.15, 0.2) is 35.4 Å². The second-order valence-electron chi connectivity index (χ2n) is 10.7. The minimum atomic E-state index is -0.237. The van der Waals surface area contributed by atoms with Crippen molar-refractivity contribution in [3.63, 3.8) is 0 Å². The van der Waals surface area contributed by atoms with Crippen molar-refractivity contribution in [2.45, 2.75) is 12.8 Å². The highest BCUT2D eigenvalue weighted by molar-refractivity contribution is 5.96. The van der Waals surface area contributed by atoms with E-state index in [0.29, 0.717) is 63.7 Å². The summed E-state index contributed by atoms with van der Waals surface area (Å²) in [5.74, 6) is 2.21. The lowest BCUT2D eigenvalue weighted by Crippen LogP contribution is -2.37. The quantitative estimate of drug-likeness (QED) is 0.137. The summed E-state index contributed by atoms with van der Waals surface area (Å²) in [5, 5.41) is 1.11. The molecular formula is C31H39N5O7. The van der Waals surface area contributed by atoms with Crippen LogP contribution in [-0.4, -0.2) is 117 Å². The molecule has 4 aromatic rings. The van der Waals surface area contributed by atoms with Gasteiger partial charge in [-0.3, -0.25) is 14.6 Å². The standard InChI is InChI=1S/C31H39N5O7/c1-38-26-19-24-22(17-28(26)42-11-3-5-34-7-13-40-14-8-34)30-33-25-20-27(39-2)29(18-23(25)31(37)36(30)21-32-24)43-12-4-6-35-9-15-41-16-10-35/h17-21H,3-16H2,1-2H3. The maximum absolute atomic E-state index is 13.7. The summed E-state index contributed by atoms with van der Waals surface area (Å²) < 4.78 is 35.8. The van der Waals surface area contributed by atoms with Crippen LogP contribution in [0.3, 0.4) is 0 Å². The lowest BCUT2D eigenvalue weighted by atomic mass is 10.2. The van der Waals surface area contributed by atoms with Crippen molar-refractivity contribution < 1.29 is 28.4 Å². The van der Waals surface area contributed by atoms with E-state index in [4.69, 9.17) is 33.4 Å². The molecule has 2 aliphatic heterocycles. The Kier molecular flexibility index (Phi) is 9.37. The van der Waals surface area contributed by atoms with Crippen molar-refractivity contribution in [2.75, 3.05) is 93.1 Å². The Morgan fingerprint density at radius 2 is 1.26 bits per heavy atom. The van der Waals surface area contributed by atoms with Crippen LogP contribution in [0.2, 0.25) is 0 Å². The second-order valence-corrected chi connectivity index (χ2v) is 10.7. The first-order chi connectivity index (χ1) is 21.1. The smallest absolute Gasteiger partial charge is 0.267 e. The summed E-state index contributed by atoms with van der Waals surface area (Å²) in [6, 6.07) is 7.14. The highest BCUT2D eigenvalue weighted by Crippen LogP contribution is 2.34. The third-order valence-corrected chi connectivity index (χ3v) is 7.98. The number of methoxy groups -OCH3 is 2. The molecule has 2 fully saturated rings. The predicted octanol–water partition coefficient (Wildman–Crippen LogP) is 2.62. The number of ether oxygens (including phenoxy) is 6. The van der Waals surface area contributed by atoms with Gasteiger partial charge in [0.25, 0.3) is 5.56 Å². The van der Waals surface area contributed by atoms with Crippen molar-refractivity contribution in [1.82, 2.24) is 24.2 Å². The van der Waals surface area contributed by atoms with E-state index < -0.39 is 0 Å². The molecule has 6 rings (SSSR count). The molecule has 0 atom stereocenters. The van der Waals surface area contributed by atoms with Gasteiger partial charge in [-0.2, -0.15) is 0 Å². The average molecular weight is 594 g/mol. The zero-order valence-electron chi connectivity index (χ0n) is 24.9. The summed E-state index contributed by atoms with van der Waals surface area (Å²) >= 11 is 0. The Morgan fingerprint density at radius 1 is 0.721 bits per heavy atom. The van der Waals surface area contributed by atoms with Crippen LogP contribution in [0.1, 0.15) is 12.8 Å². The molecule has 0 radical (unpaired) electrons. The first-order valence-corrected chi connectivity index (χ1v) is 14.9. The minimum Gasteiger partial charge on any atom is -0.493 e. The van der Waals surface area contributed by atoms with E-state index in [1.54, 1.807) is 26.4 Å². The Morgan fingerprint density at radius 3 is 1.81 bits per heavy atom. The lowest BCUT2D eigenvalue weighted by Gasteiger charge is -2.26. The third-order valence-electron chi connectivity index (χ3n) is 7.98. The molecule has 0 bridgehead atoms. The molecule has 2 aromatic heterocycles. The van der Waals surface area contributed by atoms with E-state index in [-0.39, 0.29) is 5.56 Å². The van der Waals surface area contributed by atoms with Gasteiger partial charge in [0.1, 0.15) is 6.33 Å². The molecule has 0 unspecified atom stereocenters. The summed E-state index contributed by atoms with van der Waals surface area (Å²) in [5.41, 5.74) is 1.40. The fraction of sp³-hybridized carbons (Fsp3) is 0.516. The molecule has 2 aliphatic rings. The molecule has 2 aromatic carbocycles. The van der Waals surface area contributed by atoms with Crippen LogP contribution in [0.5, 0.6) is 23.0 Å². The molecule has 43 heavy (non-hydrogen) atoms. The molecule has 0 spiro atoms. The molecule has 12 heteroatoms. The van der Waals surface area contributed by atoms with Gasteiger partial charge in [0.15, 0.2) is 28.6 Å². The molecule has 0 saturated carbocycles. The zero-order chi connectivity index (χ0) is 29.6. The Bertz CT molecular complexity index is 1620. The highest BCUT2D eigenvalue weighted by Gasteiger charge is 2.17. The Balaban J connectivity index is 1.25. The molecule has 2 saturated heterocycles. The Labute approximate surface area is 250 Å². The van der Waals surface area contributed by atoms with Gasteiger partial charge in [-0.05, 0) is 25.0 Å². The maximum atomic E-state index is 13.7. The van der Waals surface area contributed by atoms with Gasteiger partial charge in [0.05, 0.1) is 70.3 Å². The summed E-state index contributed by atoms with van der Waals surface area (Å²) in [6.07, 6.45) is 3.23. The molecule has 4 heterocycles. The van der Waals surface area contributed by atoms with Crippen LogP contribution >= 0.6 is 0 Å². The van der Waals surface area contributed by atoms with Crippen LogP contribution in [-0.2, 0) is 9.47 Å². The minimum absolute atomic E-state index is 0.237. The van der Waals surface area contributed by atoms with Gasteiger partial charge in [-0.25, -0.2) is 14.4 Å². The number of morpholine rings is 2. The normalized spacial score (nSPS) is 16.6. The molecule has 12 nitrogen and oxygen atoms in total. The van der Waals surface area contributed by atoms with Gasteiger partial charge in [-0.1, -0.05) is 0 Å². The number of benzene rings is 2. The van der Waals surface area contributed by atoms with Gasteiger partial charge in [0, 0.05) is 56.8 Å². The van der Waals surface area contributed by atoms with Crippen molar-refractivity contribution >= 4 is 27.5 Å². The zero-order valence-corrected chi connectivity index (χ0v) is 24.9. The van der Waals surface area contributed by atoms with Crippen LogP contribution < -0.4 is 24.5 Å². The first-order valence-electron chi connectivity index (χ1n) is 14.9. The SMILES string of the molecule is COc1cc2nc3c4cc(OCCCN5CCOCC5)c(OC)cc4ncn3c(=O)c2cc1OCCCN1CCOCC1. The molecule has 230 valence electrons. The van der Waals surface area contributed by atoms with Crippen molar-refractivity contribution in [1.29, 1.82) is 0 Å². The molecule has 0 amide bonds. The number of hydrogen-bond donors (Lipinski definition) is 0. The lowest BCUT2D eigenvalue weighted by molar-refractivity contribution is 0.0357. The maximum Gasteiger partial charge on any atom is 0.267 e. The van der Waals surface area contributed by atoms with Crippen molar-refractivity contribution in [3.05, 3.63) is 40.9 Å². The van der Waals surface area contributed by atoms with Crippen LogP contribution in [0, 0.1) is 0 Å². The number of nitrogens with zero attached hydrogens (tertiary/aromatic N) is 5. The average Bonchev–Trinajstić information content (AvgIpc) is 3.05.